The van der Waals surface area contributed by atoms with E-state index in [0.717, 1.165) is 5.56 Å². The minimum absolute atomic E-state index is 0.0292. The third kappa shape index (κ3) is 3.79. The molecule has 1 spiro atoms. The second-order valence-electron chi connectivity index (χ2n) is 9.76. The number of carbonyl (C=O) groups is 3. The molecule has 0 radical (unpaired) electrons. The van der Waals surface area contributed by atoms with Crippen LogP contribution in [0.3, 0.4) is 0 Å². The van der Waals surface area contributed by atoms with Gasteiger partial charge in [-0.3, -0.25) is 14.4 Å². The first-order valence-corrected chi connectivity index (χ1v) is 12.7. The number of benzene rings is 2. The van der Waals surface area contributed by atoms with Gasteiger partial charge in [0.1, 0.15) is 11.6 Å². The molecule has 190 valence electrons. The quantitative estimate of drug-likeness (QED) is 0.505. The first-order valence-electron chi connectivity index (χ1n) is 12.4. The van der Waals surface area contributed by atoms with Crippen molar-refractivity contribution < 1.29 is 24.2 Å². The summed E-state index contributed by atoms with van der Waals surface area (Å²) < 4.78 is 6.66. The van der Waals surface area contributed by atoms with Crippen molar-refractivity contribution in [3.05, 3.63) is 65.2 Å². The molecule has 3 amide bonds. The zero-order chi connectivity index (χ0) is 25.5. The number of ether oxygens (including phenoxy) is 1. The van der Waals surface area contributed by atoms with Crippen LogP contribution >= 0.6 is 11.6 Å². The SMILES string of the molecule is CC[C@@]12CCC3(O1)C(C(=O)Nc1ccccc1Cl)N(CCO)C(=O)[C@@H]3[C@@H]2C(=O)NCc1ccccc1. The number of aliphatic hydroxyl groups is 1. The normalized spacial score (nSPS) is 30.4. The van der Waals surface area contributed by atoms with Crippen LogP contribution in [0.25, 0.3) is 0 Å². The van der Waals surface area contributed by atoms with Crippen LogP contribution in [0.5, 0.6) is 0 Å². The minimum Gasteiger partial charge on any atom is -0.395 e. The van der Waals surface area contributed by atoms with Crippen LogP contribution in [0, 0.1) is 11.8 Å². The maximum atomic E-state index is 13.8. The molecule has 2 aromatic carbocycles. The molecule has 3 N–H and O–H groups in total. The van der Waals surface area contributed by atoms with Gasteiger partial charge in [0, 0.05) is 13.1 Å². The lowest BCUT2D eigenvalue weighted by Crippen LogP contribution is -2.53. The summed E-state index contributed by atoms with van der Waals surface area (Å²) in [6.45, 7) is 1.94. The van der Waals surface area contributed by atoms with E-state index < -0.39 is 35.0 Å². The van der Waals surface area contributed by atoms with E-state index in [1.807, 2.05) is 37.3 Å². The maximum Gasteiger partial charge on any atom is 0.250 e. The van der Waals surface area contributed by atoms with Crippen LogP contribution in [0.1, 0.15) is 31.7 Å². The van der Waals surface area contributed by atoms with Crippen molar-refractivity contribution in [1.82, 2.24) is 10.2 Å². The molecule has 2 aromatic rings. The number of hydrogen-bond donors (Lipinski definition) is 3. The molecule has 9 heteroatoms. The van der Waals surface area contributed by atoms with Crippen molar-refractivity contribution in [3.63, 3.8) is 0 Å². The van der Waals surface area contributed by atoms with E-state index in [0.29, 0.717) is 36.5 Å². The second-order valence-corrected chi connectivity index (χ2v) is 10.2. The number of anilines is 1. The third-order valence-electron chi connectivity index (χ3n) is 7.99. The standard InChI is InChI=1S/C27H30ClN3O5/c1-2-26-12-13-27(36-26)21(20(26)23(33)29-16-17-8-4-3-5-9-17)25(35)31(14-15-32)22(27)24(34)30-19-11-7-6-10-18(19)28/h3-11,20-22,32H,2,12-16H2,1H3,(H,29,33)(H,30,34)/t20-,21+,22?,26+,27?/m1/s1. The zero-order valence-corrected chi connectivity index (χ0v) is 20.8. The first-order chi connectivity index (χ1) is 17.4. The molecule has 0 aliphatic carbocycles. The van der Waals surface area contributed by atoms with Crippen molar-refractivity contribution in [2.24, 2.45) is 11.8 Å². The second kappa shape index (κ2) is 9.50. The zero-order valence-electron chi connectivity index (χ0n) is 20.1. The molecule has 5 rings (SSSR count). The van der Waals surface area contributed by atoms with Crippen molar-refractivity contribution in [1.29, 1.82) is 0 Å². The fourth-order valence-electron chi connectivity index (χ4n) is 6.42. The lowest BCUT2D eigenvalue weighted by molar-refractivity contribution is -0.146. The average Bonchev–Trinajstić information content (AvgIpc) is 3.49. The van der Waals surface area contributed by atoms with Gasteiger partial charge < -0.3 is 25.4 Å². The van der Waals surface area contributed by atoms with Gasteiger partial charge in [-0.1, -0.05) is 61.0 Å². The van der Waals surface area contributed by atoms with Gasteiger partial charge in [0.15, 0.2) is 0 Å². The Morgan fingerprint density at radius 3 is 2.53 bits per heavy atom. The van der Waals surface area contributed by atoms with Gasteiger partial charge in [-0.05, 0) is 37.0 Å². The van der Waals surface area contributed by atoms with Crippen LogP contribution in [0.15, 0.2) is 54.6 Å². The van der Waals surface area contributed by atoms with Crippen LogP contribution in [-0.4, -0.2) is 58.1 Å². The molecule has 3 saturated heterocycles. The number of para-hydroxylation sites is 1. The summed E-state index contributed by atoms with van der Waals surface area (Å²) >= 11 is 6.26. The molecule has 3 heterocycles. The molecule has 3 fully saturated rings. The molecule has 2 unspecified atom stereocenters. The van der Waals surface area contributed by atoms with Gasteiger partial charge in [-0.2, -0.15) is 0 Å². The monoisotopic (exact) mass is 511 g/mol. The topological polar surface area (TPSA) is 108 Å². The molecule has 5 atom stereocenters. The van der Waals surface area contributed by atoms with Crippen LogP contribution in [-0.2, 0) is 25.7 Å². The third-order valence-corrected chi connectivity index (χ3v) is 8.32. The van der Waals surface area contributed by atoms with E-state index in [-0.39, 0.29) is 25.0 Å². The summed E-state index contributed by atoms with van der Waals surface area (Å²) in [4.78, 5) is 42.4. The number of carbonyl (C=O) groups excluding carboxylic acids is 3. The van der Waals surface area contributed by atoms with E-state index in [2.05, 4.69) is 10.6 Å². The summed E-state index contributed by atoms with van der Waals surface area (Å²) in [6.07, 6.45) is 1.59. The average molecular weight is 512 g/mol. The van der Waals surface area contributed by atoms with Crippen LogP contribution in [0.2, 0.25) is 5.02 Å². The van der Waals surface area contributed by atoms with Crippen molar-refractivity contribution in [2.75, 3.05) is 18.5 Å². The number of halogens is 1. The fourth-order valence-corrected chi connectivity index (χ4v) is 6.61. The number of aliphatic hydroxyl groups excluding tert-OH is 1. The predicted molar refractivity (Wildman–Crippen MR) is 134 cm³/mol. The van der Waals surface area contributed by atoms with Gasteiger partial charge in [-0.25, -0.2) is 0 Å². The Labute approximate surface area is 215 Å². The lowest BCUT2D eigenvalue weighted by atomic mass is 9.65. The number of nitrogens with one attached hydrogen (secondary N) is 2. The van der Waals surface area contributed by atoms with E-state index in [1.54, 1.807) is 24.3 Å². The Bertz CT molecular complexity index is 1180. The first kappa shape index (κ1) is 24.7. The summed E-state index contributed by atoms with van der Waals surface area (Å²) in [5.74, 6) is -2.57. The van der Waals surface area contributed by atoms with Crippen molar-refractivity contribution in [2.45, 2.75) is 50.0 Å². The Balaban J connectivity index is 1.47. The molecule has 0 aromatic heterocycles. The van der Waals surface area contributed by atoms with Gasteiger partial charge in [0.2, 0.25) is 17.7 Å². The number of rotatable bonds is 8. The number of hydrogen-bond acceptors (Lipinski definition) is 5. The fraction of sp³-hybridized carbons (Fsp3) is 0.444. The summed E-state index contributed by atoms with van der Waals surface area (Å²) in [7, 11) is 0. The predicted octanol–water partition coefficient (Wildman–Crippen LogP) is 2.74. The maximum absolute atomic E-state index is 13.8. The Kier molecular flexibility index (Phi) is 6.53. The van der Waals surface area contributed by atoms with Crippen LogP contribution in [0.4, 0.5) is 5.69 Å². The Hall–Kier alpha value is -2.94. The number of amides is 3. The highest BCUT2D eigenvalue weighted by molar-refractivity contribution is 6.33. The number of fused-ring (bicyclic) bond motifs is 1. The highest BCUT2D eigenvalue weighted by Gasteiger charge is 2.78. The van der Waals surface area contributed by atoms with Gasteiger partial charge >= 0.3 is 0 Å². The molecule has 8 nitrogen and oxygen atoms in total. The minimum atomic E-state index is -1.15. The van der Waals surface area contributed by atoms with Gasteiger partial charge in [-0.15, -0.1) is 0 Å². The highest BCUT2D eigenvalue weighted by Crippen LogP contribution is 2.64. The number of likely N-dealkylation sites (tertiary alicyclic amines) is 1. The highest BCUT2D eigenvalue weighted by atomic mass is 35.5. The molecule has 0 saturated carbocycles. The van der Waals surface area contributed by atoms with Crippen molar-refractivity contribution >= 4 is 35.0 Å². The van der Waals surface area contributed by atoms with E-state index >= 15 is 0 Å². The Morgan fingerprint density at radius 2 is 1.83 bits per heavy atom. The van der Waals surface area contributed by atoms with Gasteiger partial charge in [0.25, 0.3) is 0 Å². The molecule has 3 aliphatic rings. The van der Waals surface area contributed by atoms with Crippen LogP contribution < -0.4 is 10.6 Å². The molecule has 3 aliphatic heterocycles. The summed E-state index contributed by atoms with van der Waals surface area (Å²) in [5, 5.41) is 15.9. The van der Waals surface area contributed by atoms with E-state index in [1.165, 1.54) is 4.90 Å². The Morgan fingerprint density at radius 1 is 1.11 bits per heavy atom. The molecular formula is C27H30ClN3O5. The molecule has 2 bridgehead atoms. The molecule has 36 heavy (non-hydrogen) atoms. The lowest BCUT2D eigenvalue weighted by Gasteiger charge is -2.34. The largest absolute Gasteiger partial charge is 0.395 e. The van der Waals surface area contributed by atoms with Crippen molar-refractivity contribution in [3.8, 4) is 0 Å². The smallest absolute Gasteiger partial charge is 0.250 e. The number of β-amino-alcohol motifs (C(OH)–C–C–N with tert-alkyl or cyclic N) is 1. The number of nitrogens with zero attached hydrogens (tertiary/aromatic N) is 1. The van der Waals surface area contributed by atoms with E-state index in [9.17, 15) is 19.5 Å². The summed E-state index contributed by atoms with van der Waals surface area (Å²) in [6, 6.07) is 15.4. The molecular weight excluding hydrogens is 482 g/mol. The summed E-state index contributed by atoms with van der Waals surface area (Å²) in [5.41, 5.74) is -0.598. The van der Waals surface area contributed by atoms with E-state index in [4.69, 9.17) is 16.3 Å². The van der Waals surface area contributed by atoms with Gasteiger partial charge in [0.05, 0.1) is 34.8 Å².